The molecular weight excluding hydrogens is 324 g/mol. The highest BCUT2D eigenvalue weighted by atomic mass is 35.5. The number of halogens is 1. The van der Waals surface area contributed by atoms with Crippen molar-refractivity contribution < 1.29 is 4.84 Å². The fraction of sp³-hybridized carbons (Fsp3) is 0.444. The Morgan fingerprint density at radius 2 is 2.17 bits per heavy atom. The third-order valence-corrected chi connectivity index (χ3v) is 5.94. The normalized spacial score (nSPS) is 31.3. The van der Waals surface area contributed by atoms with Gasteiger partial charge in [0.15, 0.2) is 11.4 Å². The van der Waals surface area contributed by atoms with Gasteiger partial charge in [-0.15, -0.1) is 0 Å². The molecule has 1 spiro atoms. The van der Waals surface area contributed by atoms with Crippen LogP contribution in [0, 0.1) is 5.92 Å². The fourth-order valence-electron chi connectivity index (χ4n) is 4.34. The summed E-state index contributed by atoms with van der Waals surface area (Å²) < 4.78 is 0. The van der Waals surface area contributed by atoms with E-state index < -0.39 is 0 Å². The van der Waals surface area contributed by atoms with Crippen molar-refractivity contribution >= 4 is 34.0 Å². The molecule has 2 bridgehead atoms. The molecule has 0 saturated carbocycles. The second-order valence-corrected chi connectivity index (χ2v) is 7.48. The van der Waals surface area contributed by atoms with Gasteiger partial charge < -0.3 is 10.2 Å². The summed E-state index contributed by atoms with van der Waals surface area (Å²) in [5.41, 5.74) is -0.132. The molecule has 0 radical (unpaired) electrons. The standard InChI is InChI=1S/C18H19ClN4O/c19-15-3-1-2-12-10-20-16(8-14(12)15)21-17-9-18(24-22-17)11-23-6-4-13(18)5-7-23/h1-3,8,10,13H,4-7,9,11H2,(H,20,21,22). The zero-order valence-corrected chi connectivity index (χ0v) is 14.1. The van der Waals surface area contributed by atoms with Gasteiger partial charge in [0.1, 0.15) is 5.82 Å². The van der Waals surface area contributed by atoms with Crippen molar-refractivity contribution in [3.05, 3.63) is 35.5 Å². The molecule has 124 valence electrons. The number of pyridine rings is 1. The SMILES string of the molecule is Clc1cccc2cnc(NC3=NOC4(C3)CN3CCC4CC3)cc12. The first-order chi connectivity index (χ1) is 11.7. The van der Waals surface area contributed by atoms with Crippen molar-refractivity contribution in [3.8, 4) is 0 Å². The number of nitrogens with zero attached hydrogens (tertiary/aromatic N) is 3. The Hall–Kier alpha value is -1.85. The van der Waals surface area contributed by atoms with Gasteiger partial charge in [0, 0.05) is 34.5 Å². The van der Waals surface area contributed by atoms with Crippen LogP contribution in [0.25, 0.3) is 10.8 Å². The number of benzene rings is 1. The highest BCUT2D eigenvalue weighted by molar-refractivity contribution is 6.35. The van der Waals surface area contributed by atoms with Crippen molar-refractivity contribution in [3.63, 3.8) is 0 Å². The molecule has 5 heterocycles. The zero-order valence-electron chi connectivity index (χ0n) is 13.3. The first kappa shape index (κ1) is 14.5. The largest absolute Gasteiger partial charge is 0.386 e. The maximum Gasteiger partial charge on any atom is 0.160 e. The van der Waals surface area contributed by atoms with Crippen LogP contribution in [-0.2, 0) is 4.84 Å². The number of nitrogens with one attached hydrogen (secondary N) is 1. The van der Waals surface area contributed by atoms with Gasteiger partial charge in [-0.25, -0.2) is 4.98 Å². The van der Waals surface area contributed by atoms with Crippen molar-refractivity contribution in [2.45, 2.75) is 24.9 Å². The van der Waals surface area contributed by atoms with Crippen molar-refractivity contribution in [2.75, 3.05) is 25.0 Å². The first-order valence-electron chi connectivity index (χ1n) is 8.51. The Balaban J connectivity index is 1.37. The molecule has 4 aliphatic rings. The number of piperidine rings is 3. The van der Waals surface area contributed by atoms with Crippen LogP contribution in [0.15, 0.2) is 35.6 Å². The first-order valence-corrected chi connectivity index (χ1v) is 8.88. The van der Waals surface area contributed by atoms with E-state index >= 15 is 0 Å². The summed E-state index contributed by atoms with van der Waals surface area (Å²) in [6.07, 6.45) is 5.10. The summed E-state index contributed by atoms with van der Waals surface area (Å²) in [6.45, 7) is 3.38. The Morgan fingerprint density at radius 3 is 2.96 bits per heavy atom. The monoisotopic (exact) mass is 342 g/mol. The number of aromatic nitrogens is 1. The predicted molar refractivity (Wildman–Crippen MR) is 95.4 cm³/mol. The van der Waals surface area contributed by atoms with Crippen LogP contribution < -0.4 is 5.32 Å². The van der Waals surface area contributed by atoms with Gasteiger partial charge in [-0.3, -0.25) is 4.90 Å². The van der Waals surface area contributed by atoms with Gasteiger partial charge in [0.2, 0.25) is 0 Å². The van der Waals surface area contributed by atoms with Gasteiger partial charge in [0.25, 0.3) is 0 Å². The van der Waals surface area contributed by atoms with E-state index in [0.717, 1.165) is 40.4 Å². The Morgan fingerprint density at radius 1 is 1.29 bits per heavy atom. The minimum absolute atomic E-state index is 0.132. The lowest BCUT2D eigenvalue weighted by molar-refractivity contribution is -0.136. The van der Waals surface area contributed by atoms with Gasteiger partial charge in [0.05, 0.1) is 6.42 Å². The number of hydrogen-bond acceptors (Lipinski definition) is 5. The van der Waals surface area contributed by atoms with Crippen LogP contribution in [0.5, 0.6) is 0 Å². The zero-order chi connectivity index (χ0) is 16.1. The average Bonchev–Trinajstić information content (AvgIpc) is 2.99. The third-order valence-electron chi connectivity index (χ3n) is 5.61. The number of rotatable bonds is 1. The second kappa shape index (κ2) is 5.33. The molecule has 3 fully saturated rings. The summed E-state index contributed by atoms with van der Waals surface area (Å²) >= 11 is 6.29. The number of amidine groups is 1. The van der Waals surface area contributed by atoms with Crippen LogP contribution >= 0.6 is 11.6 Å². The smallest absolute Gasteiger partial charge is 0.160 e. The van der Waals surface area contributed by atoms with E-state index in [9.17, 15) is 0 Å². The lowest BCUT2D eigenvalue weighted by Gasteiger charge is -2.49. The minimum atomic E-state index is -0.132. The average molecular weight is 343 g/mol. The topological polar surface area (TPSA) is 49.8 Å². The third kappa shape index (κ3) is 2.26. The fourth-order valence-corrected chi connectivity index (χ4v) is 4.57. The highest BCUT2D eigenvalue weighted by Gasteiger charge is 2.52. The summed E-state index contributed by atoms with van der Waals surface area (Å²) in [7, 11) is 0. The summed E-state index contributed by atoms with van der Waals surface area (Å²) in [4.78, 5) is 12.9. The molecule has 1 N–H and O–H groups in total. The van der Waals surface area contributed by atoms with Crippen LogP contribution in [0.4, 0.5) is 5.82 Å². The maximum absolute atomic E-state index is 6.29. The van der Waals surface area contributed by atoms with Gasteiger partial charge in [-0.2, -0.15) is 0 Å². The van der Waals surface area contributed by atoms with Gasteiger partial charge >= 0.3 is 0 Å². The molecule has 1 atom stereocenters. The summed E-state index contributed by atoms with van der Waals surface area (Å²) in [5, 5.41) is 10.4. The van der Waals surface area contributed by atoms with Crippen LogP contribution in [0.1, 0.15) is 19.3 Å². The maximum atomic E-state index is 6.29. The molecule has 1 unspecified atom stereocenters. The Labute approximate surface area is 145 Å². The number of oxime groups is 1. The second-order valence-electron chi connectivity index (χ2n) is 7.08. The molecule has 1 aromatic carbocycles. The molecule has 1 aromatic heterocycles. The number of hydrogen-bond donors (Lipinski definition) is 1. The number of fused-ring (bicyclic) bond motifs is 3. The minimum Gasteiger partial charge on any atom is -0.386 e. The molecule has 24 heavy (non-hydrogen) atoms. The van der Waals surface area contributed by atoms with Gasteiger partial charge in [-0.1, -0.05) is 28.9 Å². The van der Waals surface area contributed by atoms with E-state index in [1.54, 1.807) is 0 Å². The Bertz CT molecular complexity index is 831. The molecule has 6 rings (SSSR count). The molecule has 3 saturated heterocycles. The van der Waals surface area contributed by atoms with Crippen LogP contribution in [0.2, 0.25) is 5.02 Å². The van der Waals surface area contributed by atoms with Crippen LogP contribution in [-0.4, -0.2) is 41.0 Å². The van der Waals surface area contributed by atoms with E-state index in [-0.39, 0.29) is 5.60 Å². The van der Waals surface area contributed by atoms with Crippen LogP contribution in [0.3, 0.4) is 0 Å². The summed E-state index contributed by atoms with van der Waals surface area (Å²) in [6, 6.07) is 7.82. The van der Waals surface area contributed by atoms with Gasteiger partial charge in [-0.05, 0) is 38.1 Å². The number of anilines is 1. The quantitative estimate of drug-likeness (QED) is 0.861. The van der Waals surface area contributed by atoms with Crippen molar-refractivity contribution in [1.82, 2.24) is 9.88 Å². The molecule has 2 aromatic rings. The molecule has 5 nitrogen and oxygen atoms in total. The van der Waals surface area contributed by atoms with E-state index in [4.69, 9.17) is 16.4 Å². The van der Waals surface area contributed by atoms with E-state index in [1.807, 2.05) is 30.5 Å². The molecular formula is C18H19ClN4O. The molecule has 0 aliphatic carbocycles. The van der Waals surface area contributed by atoms with Crippen molar-refractivity contribution in [1.29, 1.82) is 0 Å². The van der Waals surface area contributed by atoms with E-state index in [0.29, 0.717) is 5.92 Å². The van der Waals surface area contributed by atoms with Crippen molar-refractivity contribution in [2.24, 2.45) is 11.1 Å². The van der Waals surface area contributed by atoms with E-state index in [1.165, 1.54) is 25.9 Å². The molecule has 6 heteroatoms. The lowest BCUT2D eigenvalue weighted by atomic mass is 9.73. The Kier molecular flexibility index (Phi) is 3.22. The predicted octanol–water partition coefficient (Wildman–Crippen LogP) is 3.50. The molecule has 4 aliphatic heterocycles. The molecule has 0 amide bonds. The van der Waals surface area contributed by atoms with E-state index in [2.05, 4.69) is 20.4 Å². The lowest BCUT2D eigenvalue weighted by Crippen LogP contribution is -2.59. The summed E-state index contributed by atoms with van der Waals surface area (Å²) in [5.74, 6) is 2.24. The highest BCUT2D eigenvalue weighted by Crippen LogP contribution is 2.43.